The molecule has 0 bridgehead atoms. The molecule has 6 heteroatoms. The van der Waals surface area contributed by atoms with Gasteiger partial charge in [0.25, 0.3) is 0 Å². The Kier molecular flexibility index (Phi) is 5.19. The van der Waals surface area contributed by atoms with Gasteiger partial charge in [-0.25, -0.2) is 14.4 Å². The number of hydrogen-bond donors (Lipinski definition) is 0. The number of anilines is 1. The van der Waals surface area contributed by atoms with Crippen LogP contribution in [0, 0.1) is 11.7 Å². The summed E-state index contributed by atoms with van der Waals surface area (Å²) in [5.41, 5.74) is 1.12. The van der Waals surface area contributed by atoms with Crippen molar-refractivity contribution in [3.05, 3.63) is 54.3 Å². The average molecular weight is 379 g/mol. The molecule has 1 aliphatic rings. The predicted molar refractivity (Wildman–Crippen MR) is 107 cm³/mol. The third-order valence-corrected chi connectivity index (χ3v) is 5.04. The van der Waals surface area contributed by atoms with Crippen molar-refractivity contribution in [3.8, 4) is 11.4 Å². The lowest BCUT2D eigenvalue weighted by Crippen LogP contribution is -2.40. The van der Waals surface area contributed by atoms with Gasteiger partial charge in [0.15, 0.2) is 5.82 Å². The number of carbonyl (C=O) groups is 1. The minimum absolute atomic E-state index is 0.167. The van der Waals surface area contributed by atoms with Crippen molar-refractivity contribution in [3.63, 3.8) is 0 Å². The van der Waals surface area contributed by atoms with Gasteiger partial charge in [0.1, 0.15) is 11.6 Å². The highest BCUT2D eigenvalue weighted by Crippen LogP contribution is 2.31. The molecule has 2 heterocycles. The molecule has 1 atom stereocenters. The standard InChI is InChI=1S/C22H22FN3O2/c1-2-28-22(27)15-8-7-13-26(14-15)21-17-10-4-6-12-19(17)24-20(25-21)16-9-3-5-11-18(16)23/h3-6,9-12,15H,2,7-8,13-14H2,1H3. The van der Waals surface area contributed by atoms with E-state index in [1.165, 1.54) is 6.07 Å². The first-order valence-electron chi connectivity index (χ1n) is 9.60. The van der Waals surface area contributed by atoms with Gasteiger partial charge in [0.2, 0.25) is 0 Å². The number of piperidine rings is 1. The fraction of sp³-hybridized carbons (Fsp3) is 0.318. The van der Waals surface area contributed by atoms with E-state index in [-0.39, 0.29) is 17.7 Å². The van der Waals surface area contributed by atoms with Gasteiger partial charge in [0.05, 0.1) is 23.6 Å². The fourth-order valence-corrected chi connectivity index (χ4v) is 3.69. The second-order valence-electron chi connectivity index (χ2n) is 6.91. The smallest absolute Gasteiger partial charge is 0.310 e. The first kappa shape index (κ1) is 18.3. The van der Waals surface area contributed by atoms with Gasteiger partial charge < -0.3 is 9.64 Å². The number of nitrogens with zero attached hydrogens (tertiary/aromatic N) is 3. The van der Waals surface area contributed by atoms with Crippen LogP contribution in [0.4, 0.5) is 10.2 Å². The summed E-state index contributed by atoms with van der Waals surface area (Å²) in [6, 6.07) is 14.2. The summed E-state index contributed by atoms with van der Waals surface area (Å²) >= 11 is 0. The molecule has 1 fully saturated rings. The monoisotopic (exact) mass is 379 g/mol. The van der Waals surface area contributed by atoms with E-state index in [9.17, 15) is 9.18 Å². The molecule has 0 saturated carbocycles. The third-order valence-electron chi connectivity index (χ3n) is 5.04. The lowest BCUT2D eigenvalue weighted by Gasteiger charge is -2.33. The Labute approximate surface area is 163 Å². The Morgan fingerprint density at radius 2 is 1.96 bits per heavy atom. The Hall–Kier alpha value is -3.02. The Morgan fingerprint density at radius 1 is 1.18 bits per heavy atom. The molecule has 1 saturated heterocycles. The van der Waals surface area contributed by atoms with Crippen LogP contribution in [-0.2, 0) is 9.53 Å². The van der Waals surface area contributed by atoms with Crippen LogP contribution in [0.1, 0.15) is 19.8 Å². The quantitative estimate of drug-likeness (QED) is 0.636. The molecule has 0 aliphatic carbocycles. The number of benzene rings is 2. The average Bonchev–Trinajstić information content (AvgIpc) is 2.73. The highest BCUT2D eigenvalue weighted by Gasteiger charge is 2.29. The van der Waals surface area contributed by atoms with Gasteiger partial charge in [0, 0.05) is 18.5 Å². The first-order valence-corrected chi connectivity index (χ1v) is 9.60. The maximum atomic E-state index is 14.3. The predicted octanol–water partition coefficient (Wildman–Crippen LogP) is 4.22. The summed E-state index contributed by atoms with van der Waals surface area (Å²) in [6.45, 7) is 3.52. The van der Waals surface area contributed by atoms with Crippen molar-refractivity contribution in [1.29, 1.82) is 0 Å². The van der Waals surface area contributed by atoms with Crippen molar-refractivity contribution in [2.24, 2.45) is 5.92 Å². The van der Waals surface area contributed by atoms with Gasteiger partial charge in [-0.3, -0.25) is 4.79 Å². The summed E-state index contributed by atoms with van der Waals surface area (Å²) in [7, 11) is 0. The molecule has 4 rings (SSSR count). The van der Waals surface area contributed by atoms with Gasteiger partial charge in [-0.2, -0.15) is 0 Å². The van der Waals surface area contributed by atoms with Gasteiger partial charge in [-0.05, 0) is 44.0 Å². The summed E-state index contributed by atoms with van der Waals surface area (Å²) in [5, 5.41) is 0.895. The molecule has 3 aromatic rings. The first-order chi connectivity index (χ1) is 13.7. The molecular weight excluding hydrogens is 357 g/mol. The van der Waals surface area contributed by atoms with E-state index in [1.807, 2.05) is 31.2 Å². The van der Waals surface area contributed by atoms with Gasteiger partial charge >= 0.3 is 5.97 Å². The summed E-state index contributed by atoms with van der Waals surface area (Å²) in [6.07, 6.45) is 1.68. The summed E-state index contributed by atoms with van der Waals surface area (Å²) < 4.78 is 19.6. The summed E-state index contributed by atoms with van der Waals surface area (Å²) in [4.78, 5) is 23.6. The number of rotatable bonds is 4. The number of esters is 1. The molecular formula is C22H22FN3O2. The van der Waals surface area contributed by atoms with Crippen LogP contribution in [-0.4, -0.2) is 35.6 Å². The molecule has 0 amide bonds. The number of hydrogen-bond acceptors (Lipinski definition) is 5. The van der Waals surface area contributed by atoms with Crippen molar-refractivity contribution in [2.45, 2.75) is 19.8 Å². The SMILES string of the molecule is CCOC(=O)C1CCCN(c2nc(-c3ccccc3F)nc3ccccc23)C1. The number of halogens is 1. The topological polar surface area (TPSA) is 55.3 Å². The fourth-order valence-electron chi connectivity index (χ4n) is 3.69. The Morgan fingerprint density at radius 3 is 2.79 bits per heavy atom. The number of carbonyl (C=O) groups excluding carboxylic acids is 1. The zero-order chi connectivity index (χ0) is 19.5. The number of aromatic nitrogens is 2. The van der Waals surface area contributed by atoms with E-state index >= 15 is 0 Å². The van der Waals surface area contributed by atoms with E-state index in [4.69, 9.17) is 9.72 Å². The highest BCUT2D eigenvalue weighted by molar-refractivity contribution is 5.91. The lowest BCUT2D eigenvalue weighted by molar-refractivity contribution is -0.148. The Balaban J connectivity index is 1.77. The summed E-state index contributed by atoms with van der Waals surface area (Å²) in [5.74, 6) is 0.383. The molecule has 1 aliphatic heterocycles. The van der Waals surface area contributed by atoms with E-state index in [0.29, 0.717) is 24.5 Å². The number of para-hydroxylation sites is 1. The van der Waals surface area contributed by atoms with Crippen LogP contribution in [0.3, 0.4) is 0 Å². The molecule has 1 unspecified atom stereocenters. The van der Waals surface area contributed by atoms with Crippen LogP contribution >= 0.6 is 0 Å². The molecule has 5 nitrogen and oxygen atoms in total. The molecule has 2 aromatic carbocycles. The largest absolute Gasteiger partial charge is 0.466 e. The lowest BCUT2D eigenvalue weighted by atomic mass is 9.98. The highest BCUT2D eigenvalue weighted by atomic mass is 19.1. The molecule has 28 heavy (non-hydrogen) atoms. The maximum absolute atomic E-state index is 14.3. The zero-order valence-electron chi connectivity index (χ0n) is 15.8. The third kappa shape index (κ3) is 3.54. The van der Waals surface area contributed by atoms with Gasteiger partial charge in [-0.15, -0.1) is 0 Å². The van der Waals surface area contributed by atoms with Crippen LogP contribution in [0.5, 0.6) is 0 Å². The second-order valence-corrected chi connectivity index (χ2v) is 6.91. The van der Waals surface area contributed by atoms with Crippen molar-refractivity contribution in [1.82, 2.24) is 9.97 Å². The maximum Gasteiger partial charge on any atom is 0.310 e. The van der Waals surface area contributed by atoms with Crippen LogP contribution < -0.4 is 4.90 Å². The zero-order valence-corrected chi connectivity index (χ0v) is 15.8. The molecule has 0 spiro atoms. The minimum Gasteiger partial charge on any atom is -0.466 e. The van der Waals surface area contributed by atoms with Crippen molar-refractivity contribution in [2.75, 3.05) is 24.6 Å². The van der Waals surface area contributed by atoms with Crippen molar-refractivity contribution >= 4 is 22.7 Å². The van der Waals surface area contributed by atoms with Crippen LogP contribution in [0.15, 0.2) is 48.5 Å². The van der Waals surface area contributed by atoms with E-state index in [1.54, 1.807) is 18.2 Å². The Bertz CT molecular complexity index is 1010. The van der Waals surface area contributed by atoms with Crippen molar-refractivity contribution < 1.29 is 13.9 Å². The molecule has 1 aromatic heterocycles. The van der Waals surface area contributed by atoms with Gasteiger partial charge in [-0.1, -0.05) is 24.3 Å². The van der Waals surface area contributed by atoms with Crippen LogP contribution in [0.25, 0.3) is 22.3 Å². The number of fused-ring (bicyclic) bond motifs is 1. The second kappa shape index (κ2) is 7.92. The van der Waals surface area contributed by atoms with Crippen LogP contribution in [0.2, 0.25) is 0 Å². The molecule has 0 radical (unpaired) electrons. The van der Waals surface area contributed by atoms with E-state index in [2.05, 4.69) is 9.88 Å². The molecule has 144 valence electrons. The van der Waals surface area contributed by atoms with E-state index < -0.39 is 0 Å². The number of ether oxygens (including phenoxy) is 1. The van der Waals surface area contributed by atoms with E-state index in [0.717, 1.165) is 36.1 Å². The minimum atomic E-state index is -0.355. The molecule has 0 N–H and O–H groups in total. The normalized spacial score (nSPS) is 16.9.